The highest BCUT2D eigenvalue weighted by Crippen LogP contribution is 2.29. The highest BCUT2D eigenvalue weighted by Gasteiger charge is 2.13. The van der Waals surface area contributed by atoms with Crippen LogP contribution in [0, 0.1) is 0 Å². The molecule has 1 N–H and O–H groups in total. The van der Waals surface area contributed by atoms with Crippen LogP contribution in [0.1, 0.15) is 0 Å². The molecule has 0 bridgehead atoms. The number of nitrogens with zero attached hydrogens (tertiary/aromatic N) is 2. The smallest absolute Gasteiger partial charge is 0.325 e. The van der Waals surface area contributed by atoms with E-state index in [1.54, 1.807) is 6.07 Å². The van der Waals surface area contributed by atoms with Crippen molar-refractivity contribution in [3.05, 3.63) is 28.8 Å². The summed E-state index contributed by atoms with van der Waals surface area (Å²) in [5, 5.41) is 2.64. The fraction of sp³-hybridized carbons (Fsp3) is 0.333. The van der Waals surface area contributed by atoms with Crippen molar-refractivity contribution in [3.63, 3.8) is 0 Å². The number of hydrogen-bond donors (Lipinski definition) is 1. The van der Waals surface area contributed by atoms with Crippen LogP contribution >= 0.6 is 0 Å². The van der Waals surface area contributed by atoms with Crippen LogP contribution in [0.15, 0.2) is 23.3 Å². The zero-order valence-corrected chi connectivity index (χ0v) is 13.5. The third-order valence-corrected chi connectivity index (χ3v) is 3.30. The topological polar surface area (TPSA) is 109 Å². The predicted octanol–water partition coefficient (Wildman–Crippen LogP) is -0.297. The second kappa shape index (κ2) is 7.44. The summed E-state index contributed by atoms with van der Waals surface area (Å²) in [7, 11) is 4.16. The number of ether oxygens (including phenoxy) is 3. The normalized spacial score (nSPS) is 10.3. The Morgan fingerprint density at radius 3 is 2.46 bits per heavy atom. The maximum absolute atomic E-state index is 12.5. The van der Waals surface area contributed by atoms with Crippen LogP contribution in [-0.2, 0) is 20.9 Å². The quantitative estimate of drug-likeness (QED) is 0.722. The summed E-state index contributed by atoms with van der Waals surface area (Å²) in [6.45, 7) is -0.538. The van der Waals surface area contributed by atoms with E-state index < -0.39 is 17.4 Å². The van der Waals surface area contributed by atoms with Crippen molar-refractivity contribution in [2.75, 3.05) is 27.9 Å². The minimum Gasteiger partial charge on any atom is -0.493 e. The van der Waals surface area contributed by atoms with Gasteiger partial charge in [-0.15, -0.1) is 0 Å². The summed E-state index contributed by atoms with van der Waals surface area (Å²) in [6.07, 6.45) is 1.26. The van der Waals surface area contributed by atoms with E-state index in [2.05, 4.69) is 15.0 Å². The first-order valence-electron chi connectivity index (χ1n) is 6.94. The first-order chi connectivity index (χ1) is 11.5. The summed E-state index contributed by atoms with van der Waals surface area (Å²) < 4.78 is 15.9. The zero-order valence-electron chi connectivity index (χ0n) is 13.5. The Morgan fingerprint density at radius 2 is 1.83 bits per heavy atom. The Kier molecular flexibility index (Phi) is 5.35. The number of fused-ring (bicyclic) bond motifs is 1. The average molecular weight is 335 g/mol. The van der Waals surface area contributed by atoms with E-state index in [-0.39, 0.29) is 18.5 Å². The van der Waals surface area contributed by atoms with E-state index in [1.165, 1.54) is 33.7 Å². The maximum Gasteiger partial charge on any atom is 0.325 e. The molecule has 0 aliphatic carbocycles. The Bertz CT molecular complexity index is 830. The Balaban J connectivity index is 2.29. The molecule has 0 aliphatic rings. The number of hydrogen-bond acceptors (Lipinski definition) is 7. The molecule has 2 rings (SSSR count). The molecule has 1 aromatic heterocycles. The van der Waals surface area contributed by atoms with Crippen LogP contribution in [0.25, 0.3) is 10.9 Å². The molecular weight excluding hydrogens is 318 g/mol. The summed E-state index contributed by atoms with van der Waals surface area (Å²) in [5.74, 6) is -0.254. The van der Waals surface area contributed by atoms with E-state index in [9.17, 15) is 14.4 Å². The lowest BCUT2D eigenvalue weighted by Crippen LogP contribution is -2.35. The van der Waals surface area contributed by atoms with Crippen molar-refractivity contribution in [3.8, 4) is 11.5 Å². The SMILES string of the molecule is COC(=O)CNC(=O)Cn1cnc2cc(OC)c(OC)cc2c1=O. The van der Waals surface area contributed by atoms with E-state index in [0.29, 0.717) is 17.0 Å². The first kappa shape index (κ1) is 17.3. The molecule has 0 spiro atoms. The Morgan fingerprint density at radius 1 is 1.17 bits per heavy atom. The molecule has 1 heterocycles. The second-order valence-corrected chi connectivity index (χ2v) is 4.75. The number of carbonyl (C=O) groups excluding carboxylic acids is 2. The number of nitrogens with one attached hydrogen (secondary N) is 1. The summed E-state index contributed by atoms with van der Waals surface area (Å²) in [5.41, 5.74) is 0.0121. The van der Waals surface area contributed by atoms with Gasteiger partial charge in [-0.05, 0) is 6.07 Å². The van der Waals surface area contributed by atoms with E-state index in [1.807, 2.05) is 0 Å². The third-order valence-electron chi connectivity index (χ3n) is 3.30. The monoisotopic (exact) mass is 335 g/mol. The van der Waals surface area contributed by atoms with Crippen molar-refractivity contribution < 1.29 is 23.8 Å². The highest BCUT2D eigenvalue weighted by molar-refractivity contribution is 5.83. The van der Waals surface area contributed by atoms with Crippen LogP contribution in [0.4, 0.5) is 0 Å². The van der Waals surface area contributed by atoms with Crippen molar-refractivity contribution in [2.24, 2.45) is 0 Å². The van der Waals surface area contributed by atoms with Crippen LogP contribution in [0.3, 0.4) is 0 Å². The molecule has 0 fully saturated rings. The summed E-state index contributed by atoms with van der Waals surface area (Å²) in [6, 6.07) is 3.09. The molecule has 1 amide bonds. The molecule has 0 radical (unpaired) electrons. The average Bonchev–Trinajstić information content (AvgIpc) is 2.60. The molecule has 0 saturated carbocycles. The largest absolute Gasteiger partial charge is 0.493 e. The van der Waals surface area contributed by atoms with Crippen LogP contribution in [0.2, 0.25) is 0 Å². The number of aromatic nitrogens is 2. The lowest BCUT2D eigenvalue weighted by atomic mass is 10.2. The Labute approximate surface area is 137 Å². The first-order valence-corrected chi connectivity index (χ1v) is 6.94. The number of carbonyl (C=O) groups is 2. The van der Waals surface area contributed by atoms with Gasteiger partial charge in [-0.1, -0.05) is 0 Å². The summed E-state index contributed by atoms with van der Waals surface area (Å²) in [4.78, 5) is 39.4. The van der Waals surface area contributed by atoms with E-state index in [4.69, 9.17) is 9.47 Å². The Hall–Kier alpha value is -3.10. The van der Waals surface area contributed by atoms with E-state index >= 15 is 0 Å². The van der Waals surface area contributed by atoms with Gasteiger partial charge in [-0.3, -0.25) is 19.0 Å². The van der Waals surface area contributed by atoms with E-state index in [0.717, 1.165) is 4.57 Å². The lowest BCUT2D eigenvalue weighted by molar-refractivity contribution is -0.141. The van der Waals surface area contributed by atoms with Crippen molar-refractivity contribution in [1.82, 2.24) is 14.9 Å². The van der Waals surface area contributed by atoms with Crippen LogP contribution in [-0.4, -0.2) is 49.3 Å². The molecule has 2 aromatic rings. The molecule has 0 unspecified atom stereocenters. The van der Waals surface area contributed by atoms with Crippen LogP contribution in [0.5, 0.6) is 11.5 Å². The molecule has 128 valence electrons. The van der Waals surface area contributed by atoms with Gasteiger partial charge in [-0.25, -0.2) is 4.98 Å². The predicted molar refractivity (Wildman–Crippen MR) is 84.1 cm³/mol. The van der Waals surface area contributed by atoms with Crippen molar-refractivity contribution in [2.45, 2.75) is 6.54 Å². The minimum atomic E-state index is -0.579. The van der Waals surface area contributed by atoms with Gasteiger partial charge >= 0.3 is 5.97 Å². The van der Waals surface area contributed by atoms with Crippen molar-refractivity contribution >= 4 is 22.8 Å². The fourth-order valence-electron chi connectivity index (χ4n) is 2.05. The maximum atomic E-state index is 12.5. The fourth-order valence-corrected chi connectivity index (χ4v) is 2.05. The number of amides is 1. The molecule has 9 heteroatoms. The lowest BCUT2D eigenvalue weighted by Gasteiger charge is -2.10. The molecule has 24 heavy (non-hydrogen) atoms. The van der Waals surface area contributed by atoms with Gasteiger partial charge in [0.05, 0.1) is 38.6 Å². The highest BCUT2D eigenvalue weighted by atomic mass is 16.5. The molecule has 9 nitrogen and oxygen atoms in total. The number of rotatable bonds is 6. The standard InChI is InChI=1S/C15H17N3O6/c1-22-11-4-9-10(5-12(11)23-2)17-8-18(15(9)21)7-13(19)16-6-14(20)24-3/h4-5,8H,6-7H2,1-3H3,(H,16,19). The molecule has 1 aromatic carbocycles. The summed E-state index contributed by atoms with van der Waals surface area (Å²) >= 11 is 0. The third kappa shape index (κ3) is 3.62. The van der Waals surface area contributed by atoms with Crippen molar-refractivity contribution in [1.29, 1.82) is 0 Å². The number of methoxy groups -OCH3 is 3. The molecular formula is C15H17N3O6. The van der Waals surface area contributed by atoms with Gasteiger partial charge in [0.25, 0.3) is 5.56 Å². The van der Waals surface area contributed by atoms with Gasteiger partial charge in [-0.2, -0.15) is 0 Å². The van der Waals surface area contributed by atoms with Gasteiger partial charge in [0.2, 0.25) is 5.91 Å². The van der Waals surface area contributed by atoms with Gasteiger partial charge in [0, 0.05) is 6.07 Å². The number of benzene rings is 1. The second-order valence-electron chi connectivity index (χ2n) is 4.75. The van der Waals surface area contributed by atoms with Gasteiger partial charge < -0.3 is 19.5 Å². The molecule has 0 atom stereocenters. The number of esters is 1. The molecule has 0 aliphatic heterocycles. The minimum absolute atomic E-state index is 0.268. The van der Waals surface area contributed by atoms with Gasteiger partial charge in [0.15, 0.2) is 11.5 Å². The zero-order chi connectivity index (χ0) is 17.7. The van der Waals surface area contributed by atoms with Crippen LogP contribution < -0.4 is 20.3 Å². The van der Waals surface area contributed by atoms with Gasteiger partial charge in [0.1, 0.15) is 13.1 Å². The molecule has 0 saturated heterocycles.